The van der Waals surface area contributed by atoms with Crippen LogP contribution in [0.25, 0.3) is 0 Å². The Balaban J connectivity index is 2.81. The smallest absolute Gasteiger partial charge is 0.216 e. The summed E-state index contributed by atoms with van der Waals surface area (Å²) in [6.45, 7) is 0.349. The first-order valence-corrected chi connectivity index (χ1v) is 7.61. The van der Waals surface area contributed by atoms with Gasteiger partial charge in [0.2, 0.25) is 10.0 Å². The molecule has 0 N–H and O–H groups in total. The van der Waals surface area contributed by atoms with Crippen molar-refractivity contribution in [1.29, 1.82) is 0 Å². The standard InChI is InChI=1S/C11H15Cl2NO3S/c1-14(18(15,16)7-6-17-2)8-9-4-3-5-10(12)11(9)13/h3-5H,6-8H2,1-2H3. The Hall–Kier alpha value is -0.330. The minimum atomic E-state index is -3.34. The van der Waals surface area contributed by atoms with Crippen molar-refractivity contribution in [2.45, 2.75) is 6.54 Å². The second kappa shape index (κ2) is 6.73. The highest BCUT2D eigenvalue weighted by Crippen LogP contribution is 2.26. The molecule has 4 nitrogen and oxygen atoms in total. The van der Waals surface area contributed by atoms with E-state index in [-0.39, 0.29) is 18.9 Å². The average molecular weight is 312 g/mol. The highest BCUT2D eigenvalue weighted by molar-refractivity contribution is 7.89. The van der Waals surface area contributed by atoms with Gasteiger partial charge in [-0.25, -0.2) is 12.7 Å². The predicted octanol–water partition coefficient (Wildman–Crippen LogP) is 2.40. The topological polar surface area (TPSA) is 46.6 Å². The Kier molecular flexibility index (Phi) is 5.88. The van der Waals surface area contributed by atoms with E-state index in [0.29, 0.717) is 15.6 Å². The lowest BCUT2D eigenvalue weighted by molar-refractivity contribution is 0.215. The third-order valence-corrected chi connectivity index (χ3v) is 5.06. The van der Waals surface area contributed by atoms with E-state index in [0.717, 1.165) is 0 Å². The molecule has 0 fully saturated rings. The molecule has 0 aromatic heterocycles. The summed E-state index contributed by atoms with van der Waals surface area (Å²) in [5, 5.41) is 0.796. The van der Waals surface area contributed by atoms with Crippen LogP contribution in [0.3, 0.4) is 0 Å². The van der Waals surface area contributed by atoms with Gasteiger partial charge in [-0.3, -0.25) is 0 Å². The van der Waals surface area contributed by atoms with Gasteiger partial charge in [0.05, 0.1) is 22.4 Å². The van der Waals surface area contributed by atoms with Crippen LogP contribution in [0, 0.1) is 0 Å². The van der Waals surface area contributed by atoms with E-state index in [4.69, 9.17) is 27.9 Å². The van der Waals surface area contributed by atoms with Gasteiger partial charge >= 0.3 is 0 Å². The number of benzene rings is 1. The van der Waals surface area contributed by atoms with Gasteiger partial charge in [-0.1, -0.05) is 35.3 Å². The molecule has 102 valence electrons. The Morgan fingerprint density at radius 3 is 2.61 bits per heavy atom. The van der Waals surface area contributed by atoms with Gasteiger partial charge in [0.25, 0.3) is 0 Å². The lowest BCUT2D eigenvalue weighted by atomic mass is 10.2. The molecule has 0 atom stereocenters. The van der Waals surface area contributed by atoms with E-state index < -0.39 is 10.0 Å². The fourth-order valence-corrected chi connectivity index (χ4v) is 2.76. The molecular formula is C11H15Cl2NO3S. The number of methoxy groups -OCH3 is 1. The molecule has 0 aliphatic carbocycles. The molecule has 0 radical (unpaired) electrons. The van der Waals surface area contributed by atoms with E-state index >= 15 is 0 Å². The van der Waals surface area contributed by atoms with Crippen LogP contribution in [0.4, 0.5) is 0 Å². The summed E-state index contributed by atoms with van der Waals surface area (Å²) in [6, 6.07) is 5.14. The minimum absolute atomic E-state index is 0.0574. The van der Waals surface area contributed by atoms with E-state index in [1.165, 1.54) is 18.5 Å². The van der Waals surface area contributed by atoms with E-state index in [2.05, 4.69) is 0 Å². The van der Waals surface area contributed by atoms with E-state index in [1.54, 1.807) is 18.2 Å². The summed E-state index contributed by atoms with van der Waals surface area (Å²) in [6.07, 6.45) is 0. The van der Waals surface area contributed by atoms with Crippen molar-refractivity contribution in [3.8, 4) is 0 Å². The quantitative estimate of drug-likeness (QED) is 0.810. The number of nitrogens with zero attached hydrogens (tertiary/aromatic N) is 1. The molecule has 1 aromatic rings. The van der Waals surface area contributed by atoms with Gasteiger partial charge in [-0.05, 0) is 11.6 Å². The fraction of sp³-hybridized carbons (Fsp3) is 0.455. The second-order valence-corrected chi connectivity index (χ2v) is 6.76. The molecular weight excluding hydrogens is 297 g/mol. The number of halogens is 2. The fourth-order valence-electron chi connectivity index (χ4n) is 1.35. The molecule has 0 saturated carbocycles. The van der Waals surface area contributed by atoms with Crippen LogP contribution in [0.15, 0.2) is 18.2 Å². The predicted molar refractivity (Wildman–Crippen MR) is 73.6 cm³/mol. The summed E-state index contributed by atoms with van der Waals surface area (Å²) in [4.78, 5) is 0. The maximum Gasteiger partial charge on any atom is 0.216 e. The summed E-state index contributed by atoms with van der Waals surface area (Å²) >= 11 is 11.9. The molecule has 0 bridgehead atoms. The number of ether oxygens (including phenoxy) is 1. The molecule has 0 amide bonds. The number of hydrogen-bond acceptors (Lipinski definition) is 3. The van der Waals surface area contributed by atoms with Gasteiger partial charge in [0.15, 0.2) is 0 Å². The first kappa shape index (κ1) is 15.7. The molecule has 7 heteroatoms. The summed E-state index contributed by atoms with van der Waals surface area (Å²) < 4.78 is 29.7. The van der Waals surface area contributed by atoms with Crippen molar-refractivity contribution >= 4 is 33.2 Å². The zero-order chi connectivity index (χ0) is 13.8. The van der Waals surface area contributed by atoms with Gasteiger partial charge in [0, 0.05) is 20.7 Å². The molecule has 1 rings (SSSR count). The summed E-state index contributed by atoms with van der Waals surface area (Å²) in [5.74, 6) is -0.0574. The van der Waals surface area contributed by atoms with Crippen molar-refractivity contribution in [2.75, 3.05) is 26.5 Å². The number of hydrogen-bond donors (Lipinski definition) is 0. The molecule has 0 aliphatic rings. The van der Waals surface area contributed by atoms with Gasteiger partial charge in [-0.2, -0.15) is 0 Å². The van der Waals surface area contributed by atoms with Crippen LogP contribution < -0.4 is 0 Å². The second-order valence-electron chi connectivity index (χ2n) is 3.78. The van der Waals surface area contributed by atoms with E-state index in [1.807, 2.05) is 0 Å². The zero-order valence-electron chi connectivity index (χ0n) is 10.2. The van der Waals surface area contributed by atoms with Crippen molar-refractivity contribution < 1.29 is 13.2 Å². The Bertz CT molecular complexity index is 505. The summed E-state index contributed by atoms with van der Waals surface area (Å²) in [7, 11) is -0.380. The minimum Gasteiger partial charge on any atom is -0.384 e. The third kappa shape index (κ3) is 4.10. The molecule has 0 unspecified atom stereocenters. The lowest BCUT2D eigenvalue weighted by Crippen LogP contribution is -2.30. The molecule has 0 saturated heterocycles. The molecule has 0 spiro atoms. The summed E-state index contributed by atoms with van der Waals surface area (Å²) in [5.41, 5.74) is 0.674. The van der Waals surface area contributed by atoms with Crippen molar-refractivity contribution in [3.63, 3.8) is 0 Å². The molecule has 1 aromatic carbocycles. The van der Waals surface area contributed by atoms with Crippen LogP contribution in [0.1, 0.15) is 5.56 Å². The largest absolute Gasteiger partial charge is 0.384 e. The van der Waals surface area contributed by atoms with Crippen LogP contribution in [-0.2, 0) is 21.3 Å². The monoisotopic (exact) mass is 311 g/mol. The average Bonchev–Trinajstić information content (AvgIpc) is 2.32. The van der Waals surface area contributed by atoms with Crippen LogP contribution in [-0.4, -0.2) is 39.2 Å². The van der Waals surface area contributed by atoms with Crippen molar-refractivity contribution in [2.24, 2.45) is 0 Å². The van der Waals surface area contributed by atoms with Gasteiger partial charge in [0.1, 0.15) is 0 Å². The Labute approximate surface area is 117 Å². The third-order valence-electron chi connectivity index (χ3n) is 2.44. The molecule has 0 aliphatic heterocycles. The van der Waals surface area contributed by atoms with Crippen molar-refractivity contribution in [1.82, 2.24) is 4.31 Å². The molecule has 0 heterocycles. The van der Waals surface area contributed by atoms with Crippen LogP contribution in [0.2, 0.25) is 10.0 Å². The van der Waals surface area contributed by atoms with Crippen LogP contribution in [0.5, 0.6) is 0 Å². The highest BCUT2D eigenvalue weighted by atomic mass is 35.5. The van der Waals surface area contributed by atoms with E-state index in [9.17, 15) is 8.42 Å². The Morgan fingerprint density at radius 2 is 2.00 bits per heavy atom. The number of sulfonamides is 1. The zero-order valence-corrected chi connectivity index (χ0v) is 12.5. The van der Waals surface area contributed by atoms with Crippen LogP contribution >= 0.6 is 23.2 Å². The first-order valence-electron chi connectivity index (χ1n) is 5.24. The van der Waals surface area contributed by atoms with Crippen molar-refractivity contribution in [3.05, 3.63) is 33.8 Å². The first-order chi connectivity index (χ1) is 8.38. The number of rotatable bonds is 6. The normalized spacial score (nSPS) is 12.1. The van der Waals surface area contributed by atoms with Gasteiger partial charge in [-0.15, -0.1) is 0 Å². The maximum absolute atomic E-state index is 11.9. The Morgan fingerprint density at radius 1 is 1.33 bits per heavy atom. The maximum atomic E-state index is 11.9. The highest BCUT2D eigenvalue weighted by Gasteiger charge is 2.19. The van der Waals surface area contributed by atoms with Gasteiger partial charge < -0.3 is 4.74 Å². The lowest BCUT2D eigenvalue weighted by Gasteiger charge is -2.17. The molecule has 18 heavy (non-hydrogen) atoms. The SMILES string of the molecule is COCCS(=O)(=O)N(C)Cc1cccc(Cl)c1Cl.